The maximum atomic E-state index is 12.7. The van der Waals surface area contributed by atoms with Crippen LogP contribution in [0.15, 0.2) is 70.5 Å². The van der Waals surface area contributed by atoms with Gasteiger partial charge in [-0.1, -0.05) is 0 Å². The van der Waals surface area contributed by atoms with E-state index in [2.05, 4.69) is 9.97 Å². The summed E-state index contributed by atoms with van der Waals surface area (Å²) in [6.45, 7) is 7.95. The highest BCUT2D eigenvalue weighted by molar-refractivity contribution is 6.10. The van der Waals surface area contributed by atoms with Crippen molar-refractivity contribution >= 4 is 33.6 Å². The van der Waals surface area contributed by atoms with Crippen LogP contribution < -0.4 is 10.9 Å². The highest BCUT2D eigenvalue weighted by atomic mass is 16.2. The topological polar surface area (TPSA) is 110 Å². The number of H-pyrrole nitrogens is 2. The fourth-order valence-corrected chi connectivity index (χ4v) is 5.68. The minimum Gasteiger partial charge on any atom is -0.350 e. The van der Waals surface area contributed by atoms with Gasteiger partial charge in [-0.3, -0.25) is 28.3 Å². The molecule has 2 aromatic carbocycles. The first kappa shape index (κ1) is 23.8. The van der Waals surface area contributed by atoms with E-state index in [1.165, 1.54) is 9.13 Å². The summed E-state index contributed by atoms with van der Waals surface area (Å²) in [5.74, 6) is -0.338. The first-order valence-electron chi connectivity index (χ1n) is 12.9. The first-order valence-corrected chi connectivity index (χ1v) is 12.9. The Kier molecular flexibility index (Phi) is 4.85. The number of rotatable bonds is 0. The molecule has 2 aliphatic heterocycles. The van der Waals surface area contributed by atoms with Crippen LogP contribution in [0.4, 0.5) is 0 Å². The second-order valence-electron chi connectivity index (χ2n) is 10.5. The molecule has 0 amide bonds. The molecule has 2 N–H and O–H groups in total. The average molecular weight is 529 g/mol. The van der Waals surface area contributed by atoms with Crippen LogP contribution >= 0.6 is 0 Å². The molecule has 0 unspecified atom stereocenters. The number of pyridine rings is 2. The van der Waals surface area contributed by atoms with Crippen LogP contribution in [0.1, 0.15) is 43.2 Å². The van der Waals surface area contributed by atoms with Gasteiger partial charge in [-0.2, -0.15) is 0 Å². The molecule has 6 aromatic rings. The van der Waals surface area contributed by atoms with Crippen LogP contribution in [-0.2, 0) is 0 Å². The van der Waals surface area contributed by atoms with Gasteiger partial charge in [0.2, 0.25) is 0 Å². The molecule has 8 nitrogen and oxygen atoms in total. The summed E-state index contributed by atoms with van der Waals surface area (Å²) in [7, 11) is 0. The standard InChI is InChI=1S/2C16H12N2O2/c2*1-8-6-10-11(7-9(8)2)17-14-13(15(10)19)12-4-3-5-18(12)16(14)20/h2*3-7H,1-2H3,(H,17,19). The van der Waals surface area contributed by atoms with E-state index in [-0.39, 0.29) is 22.7 Å². The van der Waals surface area contributed by atoms with Crippen molar-refractivity contribution in [2.45, 2.75) is 27.7 Å². The molecule has 0 saturated heterocycles. The minimum atomic E-state index is -0.169. The lowest BCUT2D eigenvalue weighted by atomic mass is 10.0. The molecular formula is C32H24N4O4. The lowest BCUT2D eigenvalue weighted by Crippen LogP contribution is -2.11. The van der Waals surface area contributed by atoms with E-state index in [9.17, 15) is 19.2 Å². The van der Waals surface area contributed by atoms with Crippen molar-refractivity contribution in [2.75, 3.05) is 0 Å². The molecular weight excluding hydrogens is 504 g/mol. The van der Waals surface area contributed by atoms with Crippen LogP contribution in [-0.4, -0.2) is 30.9 Å². The molecule has 2 aliphatic rings. The van der Waals surface area contributed by atoms with Gasteiger partial charge in [0, 0.05) is 23.2 Å². The van der Waals surface area contributed by atoms with Gasteiger partial charge >= 0.3 is 0 Å². The number of aryl methyl sites for hydroxylation is 4. The summed E-state index contributed by atoms with van der Waals surface area (Å²) < 4.78 is 3.03. The maximum absolute atomic E-state index is 12.7. The van der Waals surface area contributed by atoms with Gasteiger partial charge in [-0.25, -0.2) is 0 Å². The van der Waals surface area contributed by atoms with Crippen LogP contribution in [0.25, 0.3) is 44.3 Å². The molecule has 0 bridgehead atoms. The van der Waals surface area contributed by atoms with Crippen molar-refractivity contribution in [1.82, 2.24) is 19.1 Å². The van der Waals surface area contributed by atoms with E-state index in [0.29, 0.717) is 44.7 Å². The summed E-state index contributed by atoms with van der Waals surface area (Å²) in [6, 6.07) is 14.8. The zero-order valence-electron chi connectivity index (χ0n) is 22.3. The molecule has 0 spiro atoms. The van der Waals surface area contributed by atoms with Crippen molar-refractivity contribution in [1.29, 1.82) is 0 Å². The number of nitrogens with zero attached hydrogens (tertiary/aromatic N) is 2. The summed E-state index contributed by atoms with van der Waals surface area (Å²) in [5, 5.41) is 1.27. The molecule has 40 heavy (non-hydrogen) atoms. The minimum absolute atomic E-state index is 0.0809. The van der Waals surface area contributed by atoms with E-state index in [0.717, 1.165) is 33.3 Å². The maximum Gasteiger partial charge on any atom is 0.279 e. The molecule has 6 heterocycles. The van der Waals surface area contributed by atoms with Gasteiger partial charge in [0.05, 0.1) is 33.5 Å². The van der Waals surface area contributed by atoms with Crippen LogP contribution in [0, 0.1) is 27.7 Å². The molecule has 0 radical (unpaired) electrons. The van der Waals surface area contributed by atoms with Gasteiger partial charge in [-0.05, 0) is 98.5 Å². The van der Waals surface area contributed by atoms with E-state index in [4.69, 9.17) is 0 Å². The number of hydrogen-bond donors (Lipinski definition) is 2. The third-order valence-electron chi connectivity index (χ3n) is 8.11. The van der Waals surface area contributed by atoms with Crippen molar-refractivity contribution in [3.8, 4) is 22.5 Å². The van der Waals surface area contributed by atoms with E-state index >= 15 is 0 Å². The first-order chi connectivity index (χ1) is 19.2. The fourth-order valence-electron chi connectivity index (χ4n) is 5.68. The second kappa shape index (κ2) is 8.13. The van der Waals surface area contributed by atoms with Crippen molar-refractivity contribution < 1.29 is 9.59 Å². The van der Waals surface area contributed by atoms with Gasteiger partial charge in [0.15, 0.2) is 10.9 Å². The van der Waals surface area contributed by atoms with Crippen molar-refractivity contribution in [3.63, 3.8) is 0 Å². The zero-order valence-corrected chi connectivity index (χ0v) is 22.3. The van der Waals surface area contributed by atoms with Crippen molar-refractivity contribution in [3.05, 3.63) is 115 Å². The Morgan fingerprint density at radius 3 is 1.32 bits per heavy atom. The lowest BCUT2D eigenvalue weighted by Gasteiger charge is -2.06. The number of benzene rings is 2. The highest BCUT2D eigenvalue weighted by Crippen LogP contribution is 2.31. The smallest absolute Gasteiger partial charge is 0.279 e. The number of nitrogens with one attached hydrogen (secondary N) is 2. The van der Waals surface area contributed by atoms with Crippen LogP contribution in [0.3, 0.4) is 0 Å². The number of aromatic amines is 2. The molecule has 0 saturated carbocycles. The van der Waals surface area contributed by atoms with Gasteiger partial charge in [0.25, 0.3) is 11.8 Å². The number of fused-ring (bicyclic) bond motifs is 8. The lowest BCUT2D eigenvalue weighted by molar-refractivity contribution is 0.0957. The Balaban J connectivity index is 0.000000132. The molecule has 196 valence electrons. The highest BCUT2D eigenvalue weighted by Gasteiger charge is 2.31. The third-order valence-corrected chi connectivity index (χ3v) is 8.11. The second-order valence-corrected chi connectivity index (χ2v) is 10.5. The Bertz CT molecular complexity index is 2080. The Morgan fingerprint density at radius 2 is 0.925 bits per heavy atom. The quantitative estimate of drug-likeness (QED) is 0.281. The molecule has 8 heteroatoms. The summed E-state index contributed by atoms with van der Waals surface area (Å²) in [5.41, 5.74) is 8.70. The Labute approximate surface area is 227 Å². The predicted molar refractivity (Wildman–Crippen MR) is 154 cm³/mol. The number of hydrogen-bond acceptors (Lipinski definition) is 4. The zero-order chi connectivity index (χ0) is 28.0. The molecule has 0 atom stereocenters. The largest absolute Gasteiger partial charge is 0.350 e. The van der Waals surface area contributed by atoms with Crippen molar-refractivity contribution in [2.24, 2.45) is 0 Å². The summed E-state index contributed by atoms with van der Waals surface area (Å²) in [4.78, 5) is 56.2. The monoisotopic (exact) mass is 528 g/mol. The average Bonchev–Trinajstić information content (AvgIpc) is 3.69. The number of aromatic nitrogens is 4. The fraction of sp³-hybridized carbons (Fsp3) is 0.125. The van der Waals surface area contributed by atoms with Gasteiger partial charge in [-0.15, -0.1) is 0 Å². The van der Waals surface area contributed by atoms with Gasteiger partial charge < -0.3 is 9.97 Å². The summed E-state index contributed by atoms with van der Waals surface area (Å²) >= 11 is 0. The number of carbonyl (C=O) groups is 2. The number of carbonyl (C=O) groups excluding carboxylic acids is 2. The predicted octanol–water partition coefficient (Wildman–Crippen LogP) is 5.23. The Morgan fingerprint density at radius 1 is 0.550 bits per heavy atom. The Hall–Kier alpha value is -5.24. The normalized spacial score (nSPS) is 12.8. The van der Waals surface area contributed by atoms with Crippen LogP contribution in [0.5, 0.6) is 0 Å². The van der Waals surface area contributed by atoms with E-state index in [1.54, 1.807) is 36.7 Å². The van der Waals surface area contributed by atoms with Crippen LogP contribution in [0.2, 0.25) is 0 Å². The SMILES string of the molecule is Cc1cc2[nH]c3c(c(=O)c2cc1C)-c1cccn1C3=O.Cc1cc2[nH]c3c(c(=O)c2cc1C)-c1cccn1C3=O. The van der Waals surface area contributed by atoms with Gasteiger partial charge in [0.1, 0.15) is 11.4 Å². The molecule has 4 aromatic heterocycles. The molecule has 0 aliphatic carbocycles. The third kappa shape index (κ3) is 3.13. The molecule has 0 fully saturated rings. The van der Waals surface area contributed by atoms with E-state index in [1.807, 2.05) is 52.0 Å². The molecule has 8 rings (SSSR count). The van der Waals surface area contributed by atoms with E-state index < -0.39 is 0 Å². The summed E-state index contributed by atoms with van der Waals surface area (Å²) in [6.07, 6.45) is 3.37.